The van der Waals surface area contributed by atoms with Crippen LogP contribution in [0.1, 0.15) is 24.5 Å². The first-order valence-electron chi connectivity index (χ1n) is 10.0. The summed E-state index contributed by atoms with van der Waals surface area (Å²) in [7, 11) is 0. The monoisotopic (exact) mass is 514 g/mol. The summed E-state index contributed by atoms with van der Waals surface area (Å²) >= 11 is 7.26. The van der Waals surface area contributed by atoms with Crippen molar-refractivity contribution >= 4 is 62.3 Å². The van der Waals surface area contributed by atoms with Gasteiger partial charge in [-0.3, -0.25) is 4.79 Å². The van der Waals surface area contributed by atoms with Gasteiger partial charge in [-0.25, -0.2) is 5.43 Å². The predicted octanol–water partition coefficient (Wildman–Crippen LogP) is 6.22. The quantitative estimate of drug-likeness (QED) is 0.300. The van der Waals surface area contributed by atoms with Crippen molar-refractivity contribution in [2.45, 2.75) is 24.0 Å². The summed E-state index contributed by atoms with van der Waals surface area (Å²) in [6, 6.07) is 20.3. The molecule has 3 aromatic rings. The summed E-state index contributed by atoms with van der Waals surface area (Å²) < 4.78 is 6.85. The van der Waals surface area contributed by atoms with E-state index >= 15 is 0 Å². The normalized spacial score (nSPS) is 15.4. The van der Waals surface area contributed by atoms with Crippen molar-refractivity contribution in [2.24, 2.45) is 5.10 Å². The molecule has 1 N–H and O–H groups in total. The van der Waals surface area contributed by atoms with E-state index in [-0.39, 0.29) is 9.99 Å². The summed E-state index contributed by atoms with van der Waals surface area (Å²) in [5, 5.41) is 6.51. The topological polar surface area (TPSA) is 50.7 Å². The van der Waals surface area contributed by atoms with E-state index in [1.807, 2.05) is 59.9 Å². The first-order chi connectivity index (χ1) is 15.0. The van der Waals surface area contributed by atoms with Crippen LogP contribution < -0.4 is 10.2 Å². The Morgan fingerprint density at radius 1 is 1.16 bits per heavy atom. The van der Waals surface area contributed by atoms with Gasteiger partial charge in [0.2, 0.25) is 5.91 Å². The SMILES string of the molecule is CC1(CC(=O)N/N=C\c2ccc(OCc3cccc4ccccc34)c(Br)c2)SCCS1. The summed E-state index contributed by atoms with van der Waals surface area (Å²) in [6.45, 7) is 2.60. The third-order valence-corrected chi connectivity index (χ3v) is 8.91. The van der Waals surface area contributed by atoms with Crippen LogP contribution in [-0.4, -0.2) is 27.7 Å². The molecule has 0 aromatic heterocycles. The molecule has 1 amide bonds. The van der Waals surface area contributed by atoms with Crippen molar-refractivity contribution in [3.05, 3.63) is 76.3 Å². The molecule has 7 heteroatoms. The third kappa shape index (κ3) is 5.84. The summed E-state index contributed by atoms with van der Waals surface area (Å²) in [4.78, 5) is 12.1. The van der Waals surface area contributed by atoms with Gasteiger partial charge in [-0.05, 0) is 63.0 Å². The molecule has 160 valence electrons. The first-order valence-corrected chi connectivity index (χ1v) is 12.8. The van der Waals surface area contributed by atoms with Crippen LogP contribution >= 0.6 is 39.5 Å². The average molecular weight is 515 g/mol. The van der Waals surface area contributed by atoms with Crippen LogP contribution in [0.5, 0.6) is 5.75 Å². The standard InChI is InChI=1S/C24H23BrN2O2S2/c1-24(30-11-12-31-24)14-23(28)27-26-15-17-9-10-22(21(25)13-17)29-16-19-7-4-6-18-5-2-3-8-20(18)19/h2-10,13,15H,11-12,14,16H2,1H3,(H,27,28)/b26-15-. The molecule has 31 heavy (non-hydrogen) atoms. The molecule has 0 saturated carbocycles. The Kier molecular flexibility index (Phi) is 7.25. The number of fused-ring (bicyclic) bond motifs is 1. The Morgan fingerprint density at radius 3 is 2.74 bits per heavy atom. The molecular weight excluding hydrogens is 492 g/mol. The highest BCUT2D eigenvalue weighted by Crippen LogP contribution is 2.45. The van der Waals surface area contributed by atoms with E-state index in [0.29, 0.717) is 13.0 Å². The van der Waals surface area contributed by atoms with Crippen LogP contribution in [-0.2, 0) is 11.4 Å². The number of benzene rings is 3. The van der Waals surface area contributed by atoms with Crippen molar-refractivity contribution in [3.8, 4) is 5.75 Å². The zero-order valence-corrected chi connectivity index (χ0v) is 20.4. The largest absolute Gasteiger partial charge is 0.488 e. The van der Waals surface area contributed by atoms with Crippen LogP contribution in [0.3, 0.4) is 0 Å². The Morgan fingerprint density at radius 2 is 1.94 bits per heavy atom. The smallest absolute Gasteiger partial charge is 0.242 e. The zero-order chi connectivity index (χ0) is 21.7. The van der Waals surface area contributed by atoms with Gasteiger partial charge in [-0.1, -0.05) is 42.5 Å². The fraction of sp³-hybridized carbons (Fsp3) is 0.250. The molecule has 1 aliphatic rings. The third-order valence-electron chi connectivity index (χ3n) is 5.00. The number of carbonyl (C=O) groups excluding carboxylic acids is 1. The molecule has 0 atom stereocenters. The molecule has 0 spiro atoms. The molecule has 0 bridgehead atoms. The van der Waals surface area contributed by atoms with Gasteiger partial charge >= 0.3 is 0 Å². The number of ether oxygens (including phenoxy) is 1. The van der Waals surface area contributed by atoms with Gasteiger partial charge in [0.15, 0.2) is 0 Å². The molecule has 4 nitrogen and oxygen atoms in total. The lowest BCUT2D eigenvalue weighted by Crippen LogP contribution is -2.26. The molecular formula is C24H23BrN2O2S2. The molecule has 0 unspecified atom stereocenters. The number of halogens is 1. The highest BCUT2D eigenvalue weighted by molar-refractivity contribution is 9.10. The lowest BCUT2D eigenvalue weighted by molar-refractivity contribution is -0.121. The predicted molar refractivity (Wildman–Crippen MR) is 136 cm³/mol. The zero-order valence-electron chi connectivity index (χ0n) is 17.1. The van der Waals surface area contributed by atoms with Gasteiger partial charge in [0, 0.05) is 11.5 Å². The van der Waals surface area contributed by atoms with Gasteiger partial charge in [0.25, 0.3) is 0 Å². The van der Waals surface area contributed by atoms with E-state index in [4.69, 9.17) is 4.74 Å². The van der Waals surface area contributed by atoms with E-state index in [9.17, 15) is 4.79 Å². The summed E-state index contributed by atoms with van der Waals surface area (Å²) in [6.07, 6.45) is 2.11. The van der Waals surface area contributed by atoms with Gasteiger partial charge < -0.3 is 4.74 Å². The second kappa shape index (κ2) is 10.1. The van der Waals surface area contributed by atoms with Crippen LogP contribution in [0.25, 0.3) is 10.8 Å². The number of nitrogens with zero attached hydrogens (tertiary/aromatic N) is 1. The second-order valence-corrected chi connectivity index (χ2v) is 11.7. The summed E-state index contributed by atoms with van der Waals surface area (Å²) in [5.41, 5.74) is 4.66. The molecule has 1 fully saturated rings. The second-order valence-electron chi connectivity index (χ2n) is 7.42. The van der Waals surface area contributed by atoms with Gasteiger partial charge in [0.1, 0.15) is 12.4 Å². The van der Waals surface area contributed by atoms with Crippen molar-refractivity contribution in [2.75, 3.05) is 11.5 Å². The van der Waals surface area contributed by atoms with E-state index in [2.05, 4.69) is 57.6 Å². The Hall–Kier alpha value is -1.96. The van der Waals surface area contributed by atoms with Crippen molar-refractivity contribution in [3.63, 3.8) is 0 Å². The van der Waals surface area contributed by atoms with Gasteiger partial charge in [-0.15, -0.1) is 23.5 Å². The van der Waals surface area contributed by atoms with Gasteiger partial charge in [0.05, 0.1) is 21.2 Å². The van der Waals surface area contributed by atoms with E-state index in [0.717, 1.165) is 32.9 Å². The molecule has 0 radical (unpaired) electrons. The number of nitrogens with one attached hydrogen (secondary N) is 1. The van der Waals surface area contributed by atoms with Crippen molar-refractivity contribution in [1.82, 2.24) is 5.43 Å². The Labute approximate surface area is 199 Å². The van der Waals surface area contributed by atoms with E-state index in [1.54, 1.807) is 6.21 Å². The molecule has 1 saturated heterocycles. The number of rotatable bonds is 7. The highest BCUT2D eigenvalue weighted by atomic mass is 79.9. The van der Waals surface area contributed by atoms with Gasteiger partial charge in [-0.2, -0.15) is 5.10 Å². The maximum atomic E-state index is 12.1. The number of hydrazone groups is 1. The average Bonchev–Trinajstić information content (AvgIpc) is 3.19. The van der Waals surface area contributed by atoms with Crippen molar-refractivity contribution in [1.29, 1.82) is 0 Å². The first kappa shape index (κ1) is 22.2. The maximum absolute atomic E-state index is 12.1. The Bertz CT molecular complexity index is 1110. The van der Waals surface area contributed by atoms with Crippen LogP contribution in [0.15, 0.2) is 70.2 Å². The lowest BCUT2D eigenvalue weighted by atomic mass is 10.1. The molecule has 1 heterocycles. The van der Waals surface area contributed by atoms with Crippen LogP contribution in [0.4, 0.5) is 0 Å². The number of amides is 1. The number of carbonyl (C=O) groups is 1. The highest BCUT2D eigenvalue weighted by Gasteiger charge is 2.32. The summed E-state index contributed by atoms with van der Waals surface area (Å²) in [5.74, 6) is 2.90. The molecule has 0 aliphatic carbocycles. The minimum Gasteiger partial charge on any atom is -0.488 e. The van der Waals surface area contributed by atoms with E-state index in [1.165, 1.54) is 10.8 Å². The lowest BCUT2D eigenvalue weighted by Gasteiger charge is -2.19. The van der Waals surface area contributed by atoms with Crippen LogP contribution in [0.2, 0.25) is 0 Å². The Balaban J connectivity index is 1.34. The fourth-order valence-electron chi connectivity index (χ4n) is 3.46. The fourth-order valence-corrected chi connectivity index (χ4v) is 6.80. The minimum atomic E-state index is -0.0604. The van der Waals surface area contributed by atoms with Crippen molar-refractivity contribution < 1.29 is 9.53 Å². The van der Waals surface area contributed by atoms with E-state index < -0.39 is 0 Å². The number of hydrogen-bond acceptors (Lipinski definition) is 5. The molecule has 1 aliphatic heterocycles. The maximum Gasteiger partial charge on any atom is 0.242 e. The minimum absolute atomic E-state index is 0.0360. The number of hydrogen-bond donors (Lipinski definition) is 1. The van der Waals surface area contributed by atoms with Crippen LogP contribution in [0, 0.1) is 0 Å². The number of thioether (sulfide) groups is 2. The molecule has 3 aromatic carbocycles. The molecule has 4 rings (SSSR count).